The molecule has 0 unspecified atom stereocenters. The van der Waals surface area contributed by atoms with Gasteiger partial charge in [0.2, 0.25) is 0 Å². The van der Waals surface area contributed by atoms with Crippen LogP contribution in [-0.4, -0.2) is 6.10 Å². The lowest BCUT2D eigenvalue weighted by Crippen LogP contribution is -2.08. The first-order valence-corrected chi connectivity index (χ1v) is 6.87. The summed E-state index contributed by atoms with van der Waals surface area (Å²) in [6.07, 6.45) is 0.105. The maximum absolute atomic E-state index is 6.18. The summed E-state index contributed by atoms with van der Waals surface area (Å²) in [5.41, 5.74) is 11.2. The summed E-state index contributed by atoms with van der Waals surface area (Å²) in [5, 5.41) is 3.39. The molecule has 0 saturated heterocycles. The molecule has 2 aromatic carbocycles. The highest BCUT2D eigenvalue weighted by Gasteiger charge is 2.08. The molecule has 0 aromatic heterocycles. The first kappa shape index (κ1) is 14.3. The number of hydrogen-bond donors (Lipinski definition) is 2. The van der Waals surface area contributed by atoms with E-state index in [0.29, 0.717) is 5.69 Å². The third-order valence-corrected chi connectivity index (χ3v) is 3.09. The van der Waals surface area contributed by atoms with Gasteiger partial charge in [0.05, 0.1) is 17.5 Å². The van der Waals surface area contributed by atoms with E-state index >= 15 is 0 Å². The second-order valence-electron chi connectivity index (χ2n) is 5.33. The lowest BCUT2D eigenvalue weighted by Gasteiger charge is -2.17. The number of nitrogens with two attached hydrogens (primary N) is 1. The quantitative estimate of drug-likeness (QED) is 0.809. The van der Waals surface area contributed by atoms with E-state index in [9.17, 15) is 0 Å². The Hall–Kier alpha value is -2.16. The zero-order chi connectivity index (χ0) is 14.7. The fourth-order valence-corrected chi connectivity index (χ4v) is 2.03. The van der Waals surface area contributed by atoms with Crippen molar-refractivity contribution in [1.29, 1.82) is 0 Å². The monoisotopic (exact) mass is 270 g/mol. The van der Waals surface area contributed by atoms with Gasteiger partial charge in [0.1, 0.15) is 5.75 Å². The highest BCUT2D eigenvalue weighted by Crippen LogP contribution is 2.33. The normalized spacial score (nSPS) is 10.7. The standard InChI is InChI=1S/C17H22N2O/c1-11(2)20-16-7-5-6-14(17(16)18)19-15-10-12(3)8-9-13(15)4/h5-11,19H,18H2,1-4H3. The van der Waals surface area contributed by atoms with Crippen molar-refractivity contribution in [3.05, 3.63) is 47.5 Å². The Balaban J connectivity index is 2.32. The summed E-state index contributed by atoms with van der Waals surface area (Å²) in [5.74, 6) is 0.718. The third-order valence-electron chi connectivity index (χ3n) is 3.09. The molecule has 0 atom stereocenters. The number of aryl methyl sites for hydroxylation is 2. The molecule has 0 fully saturated rings. The molecule has 0 amide bonds. The molecule has 20 heavy (non-hydrogen) atoms. The Kier molecular flexibility index (Phi) is 4.18. The van der Waals surface area contributed by atoms with Gasteiger partial charge in [-0.25, -0.2) is 0 Å². The SMILES string of the molecule is Cc1ccc(C)c(Nc2cccc(OC(C)C)c2N)c1. The second-order valence-corrected chi connectivity index (χ2v) is 5.33. The van der Waals surface area contributed by atoms with E-state index in [1.807, 2.05) is 32.0 Å². The van der Waals surface area contributed by atoms with Gasteiger partial charge in [0.25, 0.3) is 0 Å². The number of ether oxygens (including phenoxy) is 1. The maximum Gasteiger partial charge on any atom is 0.144 e. The Bertz CT molecular complexity index is 606. The third kappa shape index (κ3) is 3.23. The van der Waals surface area contributed by atoms with Crippen LogP contribution in [0.25, 0.3) is 0 Å². The molecule has 3 heteroatoms. The van der Waals surface area contributed by atoms with Crippen molar-refractivity contribution in [2.24, 2.45) is 0 Å². The second kappa shape index (κ2) is 5.87. The average Bonchev–Trinajstić information content (AvgIpc) is 2.38. The van der Waals surface area contributed by atoms with Crippen LogP contribution in [0.2, 0.25) is 0 Å². The van der Waals surface area contributed by atoms with Gasteiger partial charge >= 0.3 is 0 Å². The van der Waals surface area contributed by atoms with E-state index in [1.165, 1.54) is 11.1 Å². The number of nitrogens with one attached hydrogen (secondary N) is 1. The Morgan fingerprint density at radius 2 is 1.80 bits per heavy atom. The Morgan fingerprint density at radius 1 is 1.05 bits per heavy atom. The summed E-state index contributed by atoms with van der Waals surface area (Å²) in [4.78, 5) is 0. The molecule has 2 aromatic rings. The lowest BCUT2D eigenvalue weighted by molar-refractivity contribution is 0.244. The van der Waals surface area contributed by atoms with E-state index in [1.54, 1.807) is 0 Å². The molecule has 3 N–H and O–H groups in total. The predicted octanol–water partition coefficient (Wildman–Crippen LogP) is 4.42. The summed E-state index contributed by atoms with van der Waals surface area (Å²) < 4.78 is 5.71. The van der Waals surface area contributed by atoms with E-state index in [2.05, 4.69) is 37.4 Å². The smallest absolute Gasteiger partial charge is 0.144 e. The van der Waals surface area contributed by atoms with Crippen molar-refractivity contribution in [3.63, 3.8) is 0 Å². The molecule has 0 aliphatic carbocycles. The fraction of sp³-hybridized carbons (Fsp3) is 0.294. The van der Waals surface area contributed by atoms with Crippen molar-refractivity contribution in [1.82, 2.24) is 0 Å². The van der Waals surface area contributed by atoms with Gasteiger partial charge in [-0.05, 0) is 57.0 Å². The first-order valence-electron chi connectivity index (χ1n) is 6.87. The van der Waals surface area contributed by atoms with Crippen molar-refractivity contribution in [2.45, 2.75) is 33.8 Å². The molecule has 2 rings (SSSR count). The summed E-state index contributed by atoms with van der Waals surface area (Å²) in [7, 11) is 0. The van der Waals surface area contributed by atoms with E-state index in [0.717, 1.165) is 17.1 Å². The maximum atomic E-state index is 6.18. The number of para-hydroxylation sites is 1. The zero-order valence-electron chi connectivity index (χ0n) is 12.5. The molecule has 106 valence electrons. The fourth-order valence-electron chi connectivity index (χ4n) is 2.03. The molecule has 0 aliphatic heterocycles. The van der Waals surface area contributed by atoms with Crippen LogP contribution in [0.15, 0.2) is 36.4 Å². The number of benzene rings is 2. The van der Waals surface area contributed by atoms with E-state index in [4.69, 9.17) is 10.5 Å². The van der Waals surface area contributed by atoms with Gasteiger partial charge in [0, 0.05) is 5.69 Å². The largest absolute Gasteiger partial charge is 0.489 e. The van der Waals surface area contributed by atoms with Gasteiger partial charge in [-0.3, -0.25) is 0 Å². The van der Waals surface area contributed by atoms with E-state index in [-0.39, 0.29) is 6.10 Å². The molecule has 0 aliphatic rings. The van der Waals surface area contributed by atoms with Gasteiger partial charge < -0.3 is 15.8 Å². The molecular weight excluding hydrogens is 248 g/mol. The van der Waals surface area contributed by atoms with Gasteiger partial charge in [-0.1, -0.05) is 18.2 Å². The van der Waals surface area contributed by atoms with Crippen LogP contribution in [0.1, 0.15) is 25.0 Å². The van der Waals surface area contributed by atoms with Crippen molar-refractivity contribution < 1.29 is 4.74 Å². The molecule has 0 bridgehead atoms. The summed E-state index contributed by atoms with van der Waals surface area (Å²) in [6, 6.07) is 12.1. The minimum Gasteiger partial charge on any atom is -0.489 e. The summed E-state index contributed by atoms with van der Waals surface area (Å²) in [6.45, 7) is 8.13. The van der Waals surface area contributed by atoms with Crippen LogP contribution in [0.3, 0.4) is 0 Å². The van der Waals surface area contributed by atoms with Crippen LogP contribution in [0.5, 0.6) is 5.75 Å². The average molecular weight is 270 g/mol. The zero-order valence-corrected chi connectivity index (χ0v) is 12.5. The first-order chi connectivity index (χ1) is 9.47. The minimum atomic E-state index is 0.105. The molecule has 0 spiro atoms. The molecule has 3 nitrogen and oxygen atoms in total. The number of nitrogen functional groups attached to an aromatic ring is 1. The van der Waals surface area contributed by atoms with Crippen LogP contribution in [-0.2, 0) is 0 Å². The van der Waals surface area contributed by atoms with Crippen LogP contribution >= 0.6 is 0 Å². The van der Waals surface area contributed by atoms with Crippen molar-refractivity contribution in [3.8, 4) is 5.75 Å². The van der Waals surface area contributed by atoms with Gasteiger partial charge in [-0.15, -0.1) is 0 Å². The topological polar surface area (TPSA) is 47.3 Å². The molecule has 0 radical (unpaired) electrons. The summed E-state index contributed by atoms with van der Waals surface area (Å²) >= 11 is 0. The van der Waals surface area contributed by atoms with Crippen LogP contribution < -0.4 is 15.8 Å². The number of hydrogen-bond acceptors (Lipinski definition) is 3. The van der Waals surface area contributed by atoms with E-state index < -0.39 is 0 Å². The molecule has 0 saturated carbocycles. The van der Waals surface area contributed by atoms with Crippen molar-refractivity contribution >= 4 is 17.1 Å². The minimum absolute atomic E-state index is 0.105. The highest BCUT2D eigenvalue weighted by atomic mass is 16.5. The highest BCUT2D eigenvalue weighted by molar-refractivity contribution is 5.78. The lowest BCUT2D eigenvalue weighted by atomic mass is 10.1. The molecule has 0 heterocycles. The predicted molar refractivity (Wildman–Crippen MR) is 85.8 cm³/mol. The Labute approximate surface area is 120 Å². The Morgan fingerprint density at radius 3 is 2.50 bits per heavy atom. The number of rotatable bonds is 4. The van der Waals surface area contributed by atoms with Crippen LogP contribution in [0.4, 0.5) is 17.1 Å². The molecular formula is C17H22N2O. The number of anilines is 3. The van der Waals surface area contributed by atoms with Gasteiger partial charge in [0.15, 0.2) is 0 Å². The van der Waals surface area contributed by atoms with Crippen LogP contribution in [0, 0.1) is 13.8 Å². The van der Waals surface area contributed by atoms with Gasteiger partial charge in [-0.2, -0.15) is 0 Å². The van der Waals surface area contributed by atoms with Crippen molar-refractivity contribution in [2.75, 3.05) is 11.1 Å².